The number of sulfonamides is 1. The van der Waals surface area contributed by atoms with Crippen LogP contribution in [0, 0.1) is 0 Å². The molecule has 0 saturated carbocycles. The van der Waals surface area contributed by atoms with Crippen LogP contribution in [0.15, 0.2) is 52.0 Å². The molecule has 0 atom stereocenters. The fourth-order valence-electron chi connectivity index (χ4n) is 2.74. The summed E-state index contributed by atoms with van der Waals surface area (Å²) in [6.45, 7) is 1.58. The van der Waals surface area contributed by atoms with E-state index in [-0.39, 0.29) is 6.54 Å². The number of rotatable bonds is 8. The highest BCUT2D eigenvalue weighted by Gasteiger charge is 2.22. The Bertz CT molecular complexity index is 1010. The lowest BCUT2D eigenvalue weighted by atomic mass is 10.1. The van der Waals surface area contributed by atoms with Gasteiger partial charge in [0, 0.05) is 18.6 Å². The highest BCUT2D eigenvalue weighted by molar-refractivity contribution is 9.10. The number of halogens is 1. The van der Waals surface area contributed by atoms with Gasteiger partial charge >= 0.3 is 0 Å². The van der Waals surface area contributed by atoms with Crippen LogP contribution in [0.5, 0.6) is 0 Å². The van der Waals surface area contributed by atoms with E-state index in [9.17, 15) is 13.2 Å². The SMILES string of the molecule is CCc1ccccc1N(CC(=O)N/N=C\c1ccc(N(C)C)c(Br)c1)S(C)(=O)=O. The first-order valence-corrected chi connectivity index (χ1v) is 11.6. The van der Waals surface area contributed by atoms with Gasteiger partial charge in [0.1, 0.15) is 6.54 Å². The van der Waals surface area contributed by atoms with E-state index in [0.29, 0.717) is 12.1 Å². The Hall–Kier alpha value is -2.39. The molecule has 0 heterocycles. The first-order valence-electron chi connectivity index (χ1n) is 8.98. The van der Waals surface area contributed by atoms with Gasteiger partial charge in [0.15, 0.2) is 0 Å². The van der Waals surface area contributed by atoms with Crippen molar-refractivity contribution in [1.29, 1.82) is 0 Å². The van der Waals surface area contributed by atoms with Gasteiger partial charge in [-0.05, 0) is 51.7 Å². The predicted molar refractivity (Wildman–Crippen MR) is 122 cm³/mol. The van der Waals surface area contributed by atoms with E-state index in [0.717, 1.165) is 31.8 Å². The number of hydrogen-bond acceptors (Lipinski definition) is 5. The largest absolute Gasteiger partial charge is 0.377 e. The van der Waals surface area contributed by atoms with Crippen molar-refractivity contribution < 1.29 is 13.2 Å². The number of para-hydroxylation sites is 1. The van der Waals surface area contributed by atoms with Crippen molar-refractivity contribution in [3.8, 4) is 0 Å². The van der Waals surface area contributed by atoms with E-state index in [4.69, 9.17) is 0 Å². The number of carbonyl (C=O) groups is 1. The third kappa shape index (κ3) is 6.30. The number of anilines is 2. The predicted octanol–water partition coefficient (Wildman–Crippen LogP) is 2.99. The molecule has 0 unspecified atom stereocenters. The minimum Gasteiger partial charge on any atom is -0.377 e. The monoisotopic (exact) mass is 480 g/mol. The highest BCUT2D eigenvalue weighted by Crippen LogP contribution is 2.25. The molecule has 0 radical (unpaired) electrons. The molecule has 2 rings (SSSR count). The van der Waals surface area contributed by atoms with E-state index in [1.807, 2.05) is 56.3 Å². The zero-order valence-corrected chi connectivity index (χ0v) is 19.3. The molecule has 0 spiro atoms. The third-order valence-corrected chi connectivity index (χ3v) is 5.95. The van der Waals surface area contributed by atoms with E-state index < -0.39 is 15.9 Å². The second-order valence-electron chi connectivity index (χ2n) is 6.65. The maximum Gasteiger partial charge on any atom is 0.260 e. The summed E-state index contributed by atoms with van der Waals surface area (Å²) in [5, 5.41) is 3.95. The quantitative estimate of drug-likeness (QED) is 0.464. The molecule has 7 nitrogen and oxygen atoms in total. The Morgan fingerprint density at radius 2 is 1.86 bits per heavy atom. The van der Waals surface area contributed by atoms with Crippen molar-refractivity contribution in [2.75, 3.05) is 36.1 Å². The zero-order chi connectivity index (χ0) is 21.6. The van der Waals surface area contributed by atoms with Gasteiger partial charge in [-0.25, -0.2) is 13.8 Å². The zero-order valence-electron chi connectivity index (χ0n) is 16.9. The summed E-state index contributed by atoms with van der Waals surface area (Å²) in [6, 6.07) is 12.8. The first kappa shape index (κ1) is 22.9. The molecule has 0 aliphatic carbocycles. The van der Waals surface area contributed by atoms with Gasteiger partial charge in [0.2, 0.25) is 10.0 Å². The van der Waals surface area contributed by atoms with Crippen molar-refractivity contribution in [3.05, 3.63) is 58.1 Å². The number of benzene rings is 2. The normalized spacial score (nSPS) is 11.5. The third-order valence-electron chi connectivity index (χ3n) is 4.19. The minimum atomic E-state index is -3.63. The first-order chi connectivity index (χ1) is 13.6. The maximum atomic E-state index is 12.3. The summed E-state index contributed by atoms with van der Waals surface area (Å²) in [5.41, 5.74) is 5.55. The summed E-state index contributed by atoms with van der Waals surface area (Å²) in [6.07, 6.45) is 3.24. The number of hydrogen-bond donors (Lipinski definition) is 1. The molecule has 1 amide bonds. The molecule has 0 aliphatic rings. The summed E-state index contributed by atoms with van der Waals surface area (Å²) < 4.78 is 26.5. The van der Waals surface area contributed by atoms with Gasteiger partial charge in [0.05, 0.1) is 23.8 Å². The van der Waals surface area contributed by atoms with Gasteiger partial charge in [-0.15, -0.1) is 0 Å². The summed E-state index contributed by atoms with van der Waals surface area (Å²) in [7, 11) is 0.254. The standard InChI is InChI=1S/C20H25BrN4O3S/c1-5-16-8-6-7-9-18(16)25(29(4,27)28)14-20(26)23-22-13-15-10-11-19(24(2)3)17(21)12-15/h6-13H,5,14H2,1-4H3,(H,23,26)/b22-13-. The van der Waals surface area contributed by atoms with Crippen LogP contribution in [-0.2, 0) is 21.2 Å². The number of carbonyl (C=O) groups excluding carboxylic acids is 1. The number of hydrazone groups is 1. The van der Waals surface area contributed by atoms with Crippen LogP contribution in [-0.4, -0.2) is 47.4 Å². The number of nitrogens with zero attached hydrogens (tertiary/aromatic N) is 3. The van der Waals surface area contributed by atoms with E-state index >= 15 is 0 Å². The molecule has 1 N–H and O–H groups in total. The molecular weight excluding hydrogens is 456 g/mol. The Labute approximate surface area is 180 Å². The van der Waals surface area contributed by atoms with E-state index in [2.05, 4.69) is 26.5 Å². The molecule has 0 fully saturated rings. The van der Waals surface area contributed by atoms with Crippen molar-refractivity contribution in [1.82, 2.24) is 5.43 Å². The second-order valence-corrected chi connectivity index (χ2v) is 9.41. The van der Waals surface area contributed by atoms with Crippen LogP contribution >= 0.6 is 15.9 Å². The van der Waals surface area contributed by atoms with Crippen molar-refractivity contribution in [2.24, 2.45) is 5.10 Å². The molecule has 29 heavy (non-hydrogen) atoms. The second kappa shape index (κ2) is 9.89. The molecule has 2 aromatic carbocycles. The average molecular weight is 481 g/mol. The number of amides is 1. The topological polar surface area (TPSA) is 82.1 Å². The molecule has 156 valence electrons. The average Bonchev–Trinajstić information content (AvgIpc) is 2.65. The summed E-state index contributed by atoms with van der Waals surface area (Å²) in [5.74, 6) is -0.526. The molecular formula is C20H25BrN4O3S. The van der Waals surface area contributed by atoms with Gasteiger partial charge in [0.25, 0.3) is 5.91 Å². The van der Waals surface area contributed by atoms with Crippen molar-refractivity contribution in [2.45, 2.75) is 13.3 Å². The smallest absolute Gasteiger partial charge is 0.260 e. The molecule has 2 aromatic rings. The number of nitrogens with one attached hydrogen (secondary N) is 1. The fraction of sp³-hybridized carbons (Fsp3) is 0.300. The Kier molecular flexibility index (Phi) is 7.80. The molecule has 0 aromatic heterocycles. The van der Waals surface area contributed by atoms with Crippen molar-refractivity contribution in [3.63, 3.8) is 0 Å². The van der Waals surface area contributed by atoms with Crippen LogP contribution in [0.4, 0.5) is 11.4 Å². The molecule has 0 saturated heterocycles. The fourth-order valence-corrected chi connectivity index (χ4v) is 4.38. The molecule has 9 heteroatoms. The van der Waals surface area contributed by atoms with E-state index in [1.165, 1.54) is 6.21 Å². The van der Waals surface area contributed by atoms with Gasteiger partial charge in [-0.1, -0.05) is 31.2 Å². The van der Waals surface area contributed by atoms with Gasteiger partial charge < -0.3 is 4.90 Å². The number of aryl methyl sites for hydroxylation is 1. The molecule has 0 aliphatic heterocycles. The summed E-state index contributed by atoms with van der Waals surface area (Å²) in [4.78, 5) is 14.3. The lowest BCUT2D eigenvalue weighted by Crippen LogP contribution is -2.39. The summed E-state index contributed by atoms with van der Waals surface area (Å²) >= 11 is 3.50. The molecule has 0 bridgehead atoms. The maximum absolute atomic E-state index is 12.3. The Morgan fingerprint density at radius 3 is 2.45 bits per heavy atom. The van der Waals surface area contributed by atoms with Crippen LogP contribution in [0.25, 0.3) is 0 Å². The van der Waals surface area contributed by atoms with Crippen LogP contribution in [0.1, 0.15) is 18.1 Å². The van der Waals surface area contributed by atoms with Crippen LogP contribution in [0.3, 0.4) is 0 Å². The van der Waals surface area contributed by atoms with Crippen LogP contribution < -0.4 is 14.6 Å². The van der Waals surface area contributed by atoms with Crippen molar-refractivity contribution >= 4 is 49.4 Å². The highest BCUT2D eigenvalue weighted by atomic mass is 79.9. The lowest BCUT2D eigenvalue weighted by Gasteiger charge is -2.23. The Balaban J connectivity index is 2.11. The Morgan fingerprint density at radius 1 is 1.17 bits per heavy atom. The minimum absolute atomic E-state index is 0.351. The van der Waals surface area contributed by atoms with Gasteiger partial charge in [-0.3, -0.25) is 9.10 Å². The van der Waals surface area contributed by atoms with Gasteiger partial charge in [-0.2, -0.15) is 5.10 Å². The van der Waals surface area contributed by atoms with E-state index in [1.54, 1.807) is 12.1 Å². The lowest BCUT2D eigenvalue weighted by molar-refractivity contribution is -0.119. The van der Waals surface area contributed by atoms with Crippen LogP contribution in [0.2, 0.25) is 0 Å².